The molecule has 7 atom stereocenters. The molecule has 0 bridgehead atoms. The van der Waals surface area contributed by atoms with Crippen molar-refractivity contribution in [2.45, 2.75) is 487 Å². The number of allylic oxidation sites excluding steroid dienone is 1. The van der Waals surface area contributed by atoms with Gasteiger partial charge in [0.2, 0.25) is 5.91 Å². The highest BCUT2D eigenvalue weighted by Crippen LogP contribution is 2.24. The normalized spacial score (nSPS) is 17.7. The molecule has 1 saturated heterocycles. The molecule has 1 aliphatic rings. The van der Waals surface area contributed by atoms with E-state index in [1.807, 2.05) is 6.08 Å². The van der Waals surface area contributed by atoms with E-state index in [-0.39, 0.29) is 12.5 Å². The smallest absolute Gasteiger partial charge is 0.220 e. The number of aliphatic hydroxyl groups excluding tert-OH is 5. The minimum atomic E-state index is -1.57. The molecule has 0 aromatic heterocycles. The lowest BCUT2D eigenvalue weighted by Gasteiger charge is -2.40. The predicted octanol–water partition coefficient (Wildman–Crippen LogP) is 23.4. The fourth-order valence-electron chi connectivity index (χ4n) is 13.8. The molecule has 9 nitrogen and oxygen atoms in total. The van der Waals surface area contributed by atoms with E-state index in [1.165, 1.54) is 385 Å². The van der Waals surface area contributed by atoms with Crippen LogP contribution in [0.5, 0.6) is 0 Å². The Balaban J connectivity index is 2.04. The van der Waals surface area contributed by atoms with E-state index in [0.29, 0.717) is 6.42 Å². The molecule has 0 radical (unpaired) electrons. The van der Waals surface area contributed by atoms with Crippen molar-refractivity contribution >= 4 is 5.91 Å². The van der Waals surface area contributed by atoms with Gasteiger partial charge >= 0.3 is 0 Å². The van der Waals surface area contributed by atoms with E-state index < -0.39 is 49.5 Å². The van der Waals surface area contributed by atoms with Gasteiger partial charge in [0.25, 0.3) is 0 Å². The quantitative estimate of drug-likeness (QED) is 0.0261. The van der Waals surface area contributed by atoms with Gasteiger partial charge in [-0.3, -0.25) is 4.79 Å². The molecular formula is C81H159NO8. The van der Waals surface area contributed by atoms with Crippen LogP contribution >= 0.6 is 0 Å². The first-order chi connectivity index (χ1) is 44.3. The number of carbonyl (C=O) groups is 1. The van der Waals surface area contributed by atoms with Crippen LogP contribution in [0.2, 0.25) is 0 Å². The third kappa shape index (κ3) is 58.3. The molecule has 1 amide bonds. The summed E-state index contributed by atoms with van der Waals surface area (Å²) < 4.78 is 11.4. The number of ether oxygens (including phenoxy) is 2. The van der Waals surface area contributed by atoms with E-state index >= 15 is 0 Å². The van der Waals surface area contributed by atoms with Crippen molar-refractivity contribution in [2.24, 2.45) is 0 Å². The van der Waals surface area contributed by atoms with Crippen LogP contribution in [0, 0.1) is 0 Å². The number of hydrogen-bond acceptors (Lipinski definition) is 8. The Kier molecular flexibility index (Phi) is 68.3. The molecule has 536 valence electrons. The zero-order chi connectivity index (χ0) is 64.9. The lowest BCUT2D eigenvalue weighted by Crippen LogP contribution is -2.60. The summed E-state index contributed by atoms with van der Waals surface area (Å²) in [5, 5.41) is 54.9. The van der Waals surface area contributed by atoms with Crippen molar-refractivity contribution in [1.29, 1.82) is 0 Å². The van der Waals surface area contributed by atoms with Crippen molar-refractivity contribution in [3.8, 4) is 0 Å². The van der Waals surface area contributed by atoms with Gasteiger partial charge in [-0.25, -0.2) is 0 Å². The average Bonchev–Trinajstić information content (AvgIpc) is 1.28. The highest BCUT2D eigenvalue weighted by atomic mass is 16.7. The molecule has 0 aromatic carbocycles. The third-order valence-electron chi connectivity index (χ3n) is 20.1. The van der Waals surface area contributed by atoms with Gasteiger partial charge in [-0.15, -0.1) is 0 Å². The maximum atomic E-state index is 13.2. The zero-order valence-electron chi connectivity index (χ0n) is 60.4. The Morgan fingerprint density at radius 1 is 0.367 bits per heavy atom. The molecule has 7 unspecified atom stereocenters. The van der Waals surface area contributed by atoms with Gasteiger partial charge in [0.15, 0.2) is 6.29 Å². The van der Waals surface area contributed by atoms with Crippen LogP contribution in [0.3, 0.4) is 0 Å². The largest absolute Gasteiger partial charge is 0.394 e. The summed E-state index contributed by atoms with van der Waals surface area (Å²) in [6.07, 6.45) is 86.6. The Labute approximate surface area is 560 Å². The number of unbranched alkanes of at least 4 members (excludes halogenated alkanes) is 64. The number of rotatable bonds is 74. The standard InChI is InChI=1S/C81H159NO8/c1-3-5-7-9-11-13-15-17-19-21-23-25-27-29-31-33-35-36-37-38-39-40-41-43-45-47-49-51-53-55-57-59-61-63-65-67-69-71-77(85)82-74(73-89-81-80(88)79(87)78(86)76(72-83)90-81)75(84)70-68-66-64-62-60-58-56-54-52-50-48-46-44-42-34-32-30-28-26-24-22-20-18-16-14-12-10-8-6-4-2/h68,70,74-76,78-81,83-84,86-88H,3-67,69,71-73H2,1-2H3,(H,82,85)/b70-68+. The summed E-state index contributed by atoms with van der Waals surface area (Å²) in [5.41, 5.74) is 0. The molecule has 1 aliphatic heterocycles. The molecule has 0 aromatic rings. The molecular weight excluding hydrogens is 1110 g/mol. The van der Waals surface area contributed by atoms with Crippen LogP contribution < -0.4 is 5.32 Å². The van der Waals surface area contributed by atoms with Crippen LogP contribution in [0.1, 0.15) is 444 Å². The third-order valence-corrected chi connectivity index (χ3v) is 20.1. The first-order valence-corrected chi connectivity index (χ1v) is 40.9. The van der Waals surface area contributed by atoms with Gasteiger partial charge in [0.05, 0.1) is 25.4 Å². The summed E-state index contributed by atoms with van der Waals surface area (Å²) >= 11 is 0. The molecule has 0 aliphatic carbocycles. The second kappa shape index (κ2) is 70.7. The van der Waals surface area contributed by atoms with Crippen molar-refractivity contribution in [3.63, 3.8) is 0 Å². The number of carbonyl (C=O) groups excluding carboxylic acids is 1. The van der Waals surface area contributed by atoms with E-state index in [2.05, 4.69) is 19.2 Å². The average molecular weight is 1280 g/mol. The second-order valence-electron chi connectivity index (χ2n) is 28.9. The van der Waals surface area contributed by atoms with Crippen molar-refractivity contribution in [1.82, 2.24) is 5.32 Å². The number of nitrogens with one attached hydrogen (secondary N) is 1. The van der Waals surface area contributed by atoms with Crippen LogP contribution in [0.4, 0.5) is 0 Å². The molecule has 9 heteroatoms. The van der Waals surface area contributed by atoms with Crippen LogP contribution in [-0.4, -0.2) is 87.5 Å². The van der Waals surface area contributed by atoms with Gasteiger partial charge < -0.3 is 40.3 Å². The Hall–Kier alpha value is -1.07. The Morgan fingerprint density at radius 2 is 0.611 bits per heavy atom. The molecule has 0 spiro atoms. The van der Waals surface area contributed by atoms with Gasteiger partial charge in [-0.05, 0) is 19.3 Å². The highest BCUT2D eigenvalue weighted by molar-refractivity contribution is 5.76. The van der Waals surface area contributed by atoms with Gasteiger partial charge in [-0.2, -0.15) is 0 Å². The summed E-state index contributed by atoms with van der Waals surface area (Å²) in [7, 11) is 0. The molecule has 0 saturated carbocycles. The molecule has 1 rings (SSSR count). The summed E-state index contributed by atoms with van der Waals surface area (Å²) in [4.78, 5) is 13.2. The van der Waals surface area contributed by atoms with Crippen molar-refractivity contribution in [3.05, 3.63) is 12.2 Å². The summed E-state index contributed by atoms with van der Waals surface area (Å²) in [6, 6.07) is -0.803. The van der Waals surface area contributed by atoms with Gasteiger partial charge in [0.1, 0.15) is 24.4 Å². The number of aliphatic hydroxyl groups is 5. The number of amides is 1. The van der Waals surface area contributed by atoms with Crippen molar-refractivity contribution < 1.29 is 39.8 Å². The van der Waals surface area contributed by atoms with E-state index in [9.17, 15) is 30.3 Å². The van der Waals surface area contributed by atoms with Crippen LogP contribution in [-0.2, 0) is 14.3 Å². The summed E-state index contributed by atoms with van der Waals surface area (Å²) in [5.74, 6) is -0.165. The van der Waals surface area contributed by atoms with Crippen molar-refractivity contribution in [2.75, 3.05) is 13.2 Å². The minimum absolute atomic E-state index is 0.165. The van der Waals surface area contributed by atoms with Gasteiger partial charge in [-0.1, -0.05) is 431 Å². The van der Waals surface area contributed by atoms with E-state index in [0.717, 1.165) is 38.5 Å². The fraction of sp³-hybridized carbons (Fsp3) is 0.963. The zero-order valence-corrected chi connectivity index (χ0v) is 60.4. The molecule has 1 fully saturated rings. The summed E-state index contributed by atoms with van der Waals surface area (Å²) in [6.45, 7) is 3.86. The van der Waals surface area contributed by atoms with E-state index in [4.69, 9.17) is 9.47 Å². The van der Waals surface area contributed by atoms with Crippen LogP contribution in [0.15, 0.2) is 12.2 Å². The molecule has 1 heterocycles. The predicted molar refractivity (Wildman–Crippen MR) is 387 cm³/mol. The first-order valence-electron chi connectivity index (χ1n) is 40.9. The molecule has 90 heavy (non-hydrogen) atoms. The Morgan fingerprint density at radius 3 is 0.867 bits per heavy atom. The topological polar surface area (TPSA) is 149 Å². The monoisotopic (exact) mass is 1270 g/mol. The Bertz CT molecular complexity index is 1430. The molecule has 6 N–H and O–H groups in total. The van der Waals surface area contributed by atoms with Gasteiger partial charge in [0, 0.05) is 6.42 Å². The minimum Gasteiger partial charge on any atom is -0.394 e. The highest BCUT2D eigenvalue weighted by Gasteiger charge is 2.44. The second-order valence-corrected chi connectivity index (χ2v) is 28.9. The first kappa shape index (κ1) is 86.9. The lowest BCUT2D eigenvalue weighted by molar-refractivity contribution is -0.302. The van der Waals surface area contributed by atoms with Crippen LogP contribution in [0.25, 0.3) is 0 Å². The van der Waals surface area contributed by atoms with E-state index in [1.54, 1.807) is 6.08 Å². The lowest BCUT2D eigenvalue weighted by atomic mass is 9.99. The maximum Gasteiger partial charge on any atom is 0.220 e. The SMILES string of the molecule is CCCCCCCCCCCCCCCCCCCCCCCCCCCCCC/C=C/C(O)C(COC1OC(CO)C(O)C(O)C1O)NC(=O)CCCCCCCCCCCCCCCCCCCCCCCCCCCCCCCCCCCCCCC. The fourth-order valence-corrected chi connectivity index (χ4v) is 13.8. The number of hydrogen-bond donors (Lipinski definition) is 6. The maximum absolute atomic E-state index is 13.2.